The first-order valence-corrected chi connectivity index (χ1v) is 6.51. The number of pyridine rings is 1. The van der Waals surface area contributed by atoms with Gasteiger partial charge in [0.15, 0.2) is 0 Å². The molecule has 5 heteroatoms. The van der Waals surface area contributed by atoms with Crippen LogP contribution in [0, 0.1) is 0 Å². The number of amides is 1. The van der Waals surface area contributed by atoms with Gasteiger partial charge in [0.05, 0.1) is 11.6 Å². The van der Waals surface area contributed by atoms with E-state index in [1.807, 2.05) is 44.2 Å². The van der Waals surface area contributed by atoms with E-state index in [-0.39, 0.29) is 20.9 Å². The molecule has 1 aromatic carbocycles. The highest BCUT2D eigenvalue weighted by Crippen LogP contribution is 2.13. The Morgan fingerprint density at radius 3 is 3.05 bits per heavy atom. The second-order valence-electron chi connectivity index (χ2n) is 4.64. The molecule has 5 nitrogen and oxygen atoms in total. The van der Waals surface area contributed by atoms with Crippen LogP contribution in [0.1, 0.15) is 20.8 Å². The zero-order valence-corrected chi connectivity index (χ0v) is 11.6. The second kappa shape index (κ2) is 6.86. The van der Waals surface area contributed by atoms with Crippen LogP contribution in [0.15, 0.2) is 36.5 Å². The summed E-state index contributed by atoms with van der Waals surface area (Å²) >= 11 is 0. The number of ether oxygens (including phenoxy) is 2. The zero-order chi connectivity index (χ0) is 14.4. The average Bonchev–Trinajstić information content (AvgIpc) is 2.44. The van der Waals surface area contributed by atoms with Crippen molar-refractivity contribution in [1.82, 2.24) is 10.3 Å². The highest BCUT2D eigenvalue weighted by Gasteiger charge is 2.03. The molecular formula is C15H20N2O3. The Hall–Kier alpha value is -2.14. The van der Waals surface area contributed by atoms with Gasteiger partial charge in [0.25, 0.3) is 0 Å². The van der Waals surface area contributed by atoms with Crippen LogP contribution < -0.4 is 5.32 Å². The van der Waals surface area contributed by atoms with Gasteiger partial charge in [0.2, 0.25) is 0 Å². The smallest absolute Gasteiger partial charge is 0.409 e. The van der Waals surface area contributed by atoms with Gasteiger partial charge in [0, 0.05) is 13.0 Å². The lowest BCUT2D eigenvalue weighted by molar-refractivity contribution is 0.0568. The third-order valence-corrected chi connectivity index (χ3v) is 2.67. The number of benzene rings is 1. The molecule has 0 aliphatic carbocycles. The van der Waals surface area contributed by atoms with Crippen LogP contribution in [0.5, 0.6) is 0 Å². The van der Waals surface area contributed by atoms with Gasteiger partial charge in [-0.25, -0.2) is 4.79 Å². The number of nitrogens with zero attached hydrogens (tertiary/aromatic N) is 1. The molecule has 0 spiro atoms. The first-order valence-electron chi connectivity index (χ1n) is 6.51. The molecular weight excluding hydrogens is 256 g/mol. The van der Waals surface area contributed by atoms with Crippen LogP contribution in [-0.4, -0.2) is 23.9 Å². The molecule has 0 aliphatic heterocycles. The summed E-state index contributed by atoms with van der Waals surface area (Å²) < 4.78 is 10.3. The largest absolute Gasteiger partial charge is 0.445 e. The number of rotatable bonds is 5. The van der Waals surface area contributed by atoms with Crippen molar-refractivity contribution >= 4 is 17.0 Å². The molecule has 0 saturated carbocycles. The summed E-state index contributed by atoms with van der Waals surface area (Å²) in [6.45, 7) is 4.17. The third kappa shape index (κ3) is 4.20. The van der Waals surface area contributed by atoms with Crippen LogP contribution in [0.3, 0.4) is 0 Å². The van der Waals surface area contributed by atoms with Crippen LogP contribution in [-0.2, 0) is 16.1 Å². The van der Waals surface area contributed by atoms with E-state index in [0.29, 0.717) is 0 Å². The fourth-order valence-electron chi connectivity index (χ4n) is 1.68. The fraction of sp³-hybridized carbons (Fsp3) is 0.333. The molecule has 108 valence electrons. The Morgan fingerprint density at radius 1 is 1.40 bits per heavy atom. The Balaban J connectivity index is 0.00000220. The quantitative estimate of drug-likeness (QED) is 0.852. The summed E-state index contributed by atoms with van der Waals surface area (Å²) in [6, 6.07) is 9.62. The van der Waals surface area contributed by atoms with Gasteiger partial charge in [-0.3, -0.25) is 10.3 Å². The van der Waals surface area contributed by atoms with Gasteiger partial charge in [0.1, 0.15) is 13.3 Å². The van der Waals surface area contributed by atoms with Crippen molar-refractivity contribution < 1.29 is 15.7 Å². The highest BCUT2D eigenvalue weighted by atomic mass is 16.6. The summed E-state index contributed by atoms with van der Waals surface area (Å²) in [5.74, 6) is 0. The molecule has 1 heterocycles. The van der Waals surface area contributed by atoms with E-state index in [9.17, 15) is 4.79 Å². The Labute approximate surface area is 119 Å². The minimum absolute atomic E-state index is 0. The lowest BCUT2D eigenvalue weighted by Gasteiger charge is -2.10. The van der Waals surface area contributed by atoms with Gasteiger partial charge in [-0.2, -0.15) is 0 Å². The van der Waals surface area contributed by atoms with E-state index in [0.717, 1.165) is 16.5 Å². The maximum Gasteiger partial charge on any atom is 0.409 e. The van der Waals surface area contributed by atoms with Gasteiger partial charge in [-0.05, 0) is 37.6 Å². The van der Waals surface area contributed by atoms with Crippen molar-refractivity contribution in [3.05, 3.63) is 42.1 Å². The molecule has 0 saturated heterocycles. The van der Waals surface area contributed by atoms with Crippen molar-refractivity contribution in [3.8, 4) is 0 Å². The van der Waals surface area contributed by atoms with E-state index in [1.165, 1.54) is 0 Å². The number of nitrogens with one attached hydrogen (secondary N) is 1. The standard InChI is InChI=1S/C15H18N2O3.H2/c1-11(2)20-10-17-15(18)19-9-12-5-6-14-13(8-12)4-3-7-16-14;/h3-8,11H,9-10H2,1-2H3,(H,17,18);1H. The molecule has 0 aliphatic rings. The summed E-state index contributed by atoms with van der Waals surface area (Å²) in [4.78, 5) is 15.7. The first kappa shape index (κ1) is 14.3. The lowest BCUT2D eigenvalue weighted by Crippen LogP contribution is -2.28. The lowest BCUT2D eigenvalue weighted by atomic mass is 10.1. The minimum Gasteiger partial charge on any atom is -0.445 e. The van der Waals surface area contributed by atoms with Crippen LogP contribution in [0.4, 0.5) is 4.79 Å². The number of aromatic nitrogens is 1. The minimum atomic E-state index is -0.489. The molecule has 1 amide bonds. The van der Waals surface area contributed by atoms with Gasteiger partial charge < -0.3 is 9.47 Å². The maximum absolute atomic E-state index is 11.4. The zero-order valence-electron chi connectivity index (χ0n) is 11.6. The topological polar surface area (TPSA) is 60.5 Å². The molecule has 0 atom stereocenters. The SMILES string of the molecule is CC(C)OCNC(=O)OCc1ccc2ncccc2c1.[HH]. The monoisotopic (exact) mass is 276 g/mol. The maximum atomic E-state index is 11.4. The Morgan fingerprint density at radius 2 is 2.25 bits per heavy atom. The molecule has 0 fully saturated rings. The van der Waals surface area contributed by atoms with Gasteiger partial charge in [-0.1, -0.05) is 12.1 Å². The van der Waals surface area contributed by atoms with E-state index >= 15 is 0 Å². The summed E-state index contributed by atoms with van der Waals surface area (Å²) in [6.07, 6.45) is 1.33. The van der Waals surface area contributed by atoms with Crippen molar-refractivity contribution in [1.29, 1.82) is 0 Å². The normalized spacial score (nSPS) is 10.8. The van der Waals surface area contributed by atoms with Crippen LogP contribution in [0.2, 0.25) is 0 Å². The first-order chi connectivity index (χ1) is 9.65. The molecule has 2 aromatic rings. The fourth-order valence-corrected chi connectivity index (χ4v) is 1.68. The average molecular weight is 276 g/mol. The number of carbonyl (C=O) groups excluding carboxylic acids is 1. The van der Waals surface area contributed by atoms with Crippen molar-refractivity contribution in [3.63, 3.8) is 0 Å². The van der Waals surface area contributed by atoms with E-state index in [2.05, 4.69) is 10.3 Å². The molecule has 0 bridgehead atoms. The van der Waals surface area contributed by atoms with Crippen LogP contribution in [0.25, 0.3) is 10.9 Å². The van der Waals surface area contributed by atoms with Crippen molar-refractivity contribution in [2.24, 2.45) is 0 Å². The predicted octanol–water partition coefficient (Wildman–Crippen LogP) is 3.09. The number of fused-ring (bicyclic) bond motifs is 1. The molecule has 0 radical (unpaired) electrons. The Bertz CT molecular complexity index is 590. The second-order valence-corrected chi connectivity index (χ2v) is 4.64. The van der Waals surface area contributed by atoms with Gasteiger partial charge >= 0.3 is 6.09 Å². The van der Waals surface area contributed by atoms with Crippen molar-refractivity contribution in [2.45, 2.75) is 26.6 Å². The predicted molar refractivity (Wildman–Crippen MR) is 78.3 cm³/mol. The van der Waals surface area contributed by atoms with E-state index in [4.69, 9.17) is 9.47 Å². The highest BCUT2D eigenvalue weighted by molar-refractivity contribution is 5.79. The van der Waals surface area contributed by atoms with Crippen LogP contribution >= 0.6 is 0 Å². The third-order valence-electron chi connectivity index (χ3n) is 2.67. The summed E-state index contributed by atoms with van der Waals surface area (Å²) in [5.41, 5.74) is 1.84. The molecule has 0 unspecified atom stereocenters. The molecule has 20 heavy (non-hydrogen) atoms. The molecule has 1 N–H and O–H groups in total. The molecule has 1 aromatic heterocycles. The van der Waals surface area contributed by atoms with E-state index < -0.39 is 6.09 Å². The number of hydrogen-bond donors (Lipinski definition) is 1. The number of carbonyl (C=O) groups is 1. The number of hydrogen-bond acceptors (Lipinski definition) is 4. The molecule has 2 rings (SSSR count). The van der Waals surface area contributed by atoms with E-state index in [1.54, 1.807) is 6.20 Å². The summed E-state index contributed by atoms with van der Waals surface area (Å²) in [7, 11) is 0. The van der Waals surface area contributed by atoms with Gasteiger partial charge in [-0.15, -0.1) is 0 Å². The number of alkyl carbamates (subject to hydrolysis) is 1. The summed E-state index contributed by atoms with van der Waals surface area (Å²) in [5, 5.41) is 3.55. The Kier molecular flexibility index (Phi) is 4.90. The van der Waals surface area contributed by atoms with Crippen molar-refractivity contribution in [2.75, 3.05) is 6.73 Å².